The van der Waals surface area contributed by atoms with E-state index in [1.807, 2.05) is 12.1 Å². The lowest BCUT2D eigenvalue weighted by atomic mass is 9.61. The molecule has 0 radical (unpaired) electrons. The monoisotopic (exact) mass is 429 g/mol. The van der Waals surface area contributed by atoms with Gasteiger partial charge in [0.25, 0.3) is 5.91 Å². The molecule has 0 bridgehead atoms. The third-order valence-electron chi connectivity index (χ3n) is 6.37. The maximum atomic E-state index is 13.4. The molecule has 2 aliphatic rings. The van der Waals surface area contributed by atoms with Crippen molar-refractivity contribution >= 4 is 45.9 Å². The minimum atomic E-state index is -1.10. The van der Waals surface area contributed by atoms with E-state index in [2.05, 4.69) is 14.6 Å². The number of aryl methyl sites for hydroxylation is 1. The SMILES string of the molecule is Cc1nnsc1C(=O)N1CCc2c([nH]c3ccc(Cl)cc23)C1C1(C(=O)[O-])CCC1. The van der Waals surface area contributed by atoms with Gasteiger partial charge >= 0.3 is 0 Å². The van der Waals surface area contributed by atoms with Crippen LogP contribution < -0.4 is 5.11 Å². The highest BCUT2D eigenvalue weighted by molar-refractivity contribution is 7.07. The summed E-state index contributed by atoms with van der Waals surface area (Å²) in [7, 11) is 0. The molecule has 1 fully saturated rings. The largest absolute Gasteiger partial charge is 0.549 e. The van der Waals surface area contributed by atoms with Crippen LogP contribution in [0.3, 0.4) is 0 Å². The Bertz CT molecular complexity index is 1150. The van der Waals surface area contributed by atoms with Gasteiger partial charge in [0.2, 0.25) is 0 Å². The Balaban J connectivity index is 1.69. The lowest BCUT2D eigenvalue weighted by Gasteiger charge is -2.53. The average Bonchev–Trinajstić information content (AvgIpc) is 3.23. The summed E-state index contributed by atoms with van der Waals surface area (Å²) in [5, 5.41) is 17.8. The molecule has 0 saturated heterocycles. The number of halogens is 1. The number of hydrogen-bond acceptors (Lipinski definition) is 6. The van der Waals surface area contributed by atoms with Gasteiger partial charge in [0, 0.05) is 33.6 Å². The van der Waals surface area contributed by atoms with E-state index in [1.54, 1.807) is 17.9 Å². The number of rotatable bonds is 3. The number of nitrogens with zero attached hydrogens (tertiary/aromatic N) is 3. The Kier molecular flexibility index (Phi) is 4.18. The first-order valence-corrected chi connectivity index (χ1v) is 10.7. The Morgan fingerprint density at radius 1 is 1.38 bits per heavy atom. The number of benzene rings is 1. The smallest absolute Gasteiger partial charge is 0.268 e. The number of aliphatic carboxylic acids is 1. The molecule has 1 N–H and O–H groups in total. The zero-order valence-electron chi connectivity index (χ0n) is 15.7. The Morgan fingerprint density at radius 3 is 2.79 bits per heavy atom. The first-order valence-electron chi connectivity index (χ1n) is 9.54. The van der Waals surface area contributed by atoms with Crippen molar-refractivity contribution in [3.63, 3.8) is 0 Å². The number of amides is 1. The molecule has 0 spiro atoms. The maximum absolute atomic E-state index is 13.4. The number of aromatic amines is 1. The van der Waals surface area contributed by atoms with E-state index in [4.69, 9.17) is 11.6 Å². The molecular weight excluding hydrogens is 412 g/mol. The molecule has 150 valence electrons. The summed E-state index contributed by atoms with van der Waals surface area (Å²) >= 11 is 7.25. The van der Waals surface area contributed by atoms with Gasteiger partial charge in [-0.25, -0.2) is 0 Å². The van der Waals surface area contributed by atoms with Gasteiger partial charge in [-0.15, -0.1) is 5.10 Å². The van der Waals surface area contributed by atoms with Crippen LogP contribution in [-0.2, 0) is 11.2 Å². The second kappa shape index (κ2) is 6.53. The number of hydrogen-bond donors (Lipinski definition) is 1. The van der Waals surface area contributed by atoms with Crippen LogP contribution >= 0.6 is 23.1 Å². The molecule has 9 heteroatoms. The molecule has 1 unspecified atom stereocenters. The second-order valence-corrected chi connectivity index (χ2v) is 9.03. The van der Waals surface area contributed by atoms with Crippen molar-refractivity contribution in [3.05, 3.63) is 45.1 Å². The van der Waals surface area contributed by atoms with E-state index in [0.29, 0.717) is 41.4 Å². The van der Waals surface area contributed by atoms with Crippen LogP contribution in [0.5, 0.6) is 0 Å². The number of carbonyl (C=O) groups is 2. The van der Waals surface area contributed by atoms with Crippen molar-refractivity contribution in [1.82, 2.24) is 19.5 Å². The topological polar surface area (TPSA) is 102 Å². The number of H-pyrrole nitrogens is 1. The number of fused-ring (bicyclic) bond motifs is 3. The molecule has 1 saturated carbocycles. The quantitative estimate of drug-likeness (QED) is 0.689. The normalized spacial score (nSPS) is 20.3. The van der Waals surface area contributed by atoms with Crippen molar-refractivity contribution in [2.24, 2.45) is 5.41 Å². The lowest BCUT2D eigenvalue weighted by Crippen LogP contribution is -2.58. The zero-order valence-corrected chi connectivity index (χ0v) is 17.3. The van der Waals surface area contributed by atoms with Gasteiger partial charge in [-0.3, -0.25) is 4.79 Å². The summed E-state index contributed by atoms with van der Waals surface area (Å²) in [6.07, 6.45) is 2.39. The third kappa shape index (κ3) is 2.62. The molecule has 29 heavy (non-hydrogen) atoms. The fourth-order valence-electron chi connectivity index (χ4n) is 4.76. The van der Waals surface area contributed by atoms with Crippen LogP contribution in [0.1, 0.15) is 51.9 Å². The van der Waals surface area contributed by atoms with Crippen LogP contribution in [0.2, 0.25) is 5.02 Å². The summed E-state index contributed by atoms with van der Waals surface area (Å²) in [4.78, 5) is 31.2. The van der Waals surface area contributed by atoms with Crippen molar-refractivity contribution in [2.45, 2.75) is 38.6 Å². The fourth-order valence-corrected chi connectivity index (χ4v) is 5.54. The van der Waals surface area contributed by atoms with E-state index in [-0.39, 0.29) is 5.91 Å². The van der Waals surface area contributed by atoms with Crippen LogP contribution in [0.25, 0.3) is 10.9 Å². The number of aromatic nitrogens is 3. The first kappa shape index (κ1) is 18.6. The Morgan fingerprint density at radius 2 is 2.17 bits per heavy atom. The second-order valence-electron chi connectivity index (χ2n) is 7.84. The van der Waals surface area contributed by atoms with E-state index < -0.39 is 17.4 Å². The first-order chi connectivity index (χ1) is 13.9. The summed E-state index contributed by atoms with van der Waals surface area (Å²) in [5.41, 5.74) is 2.16. The predicted octanol–water partition coefficient (Wildman–Crippen LogP) is 2.64. The summed E-state index contributed by atoms with van der Waals surface area (Å²) in [5.74, 6) is -1.33. The molecule has 3 aromatic rings. The van der Waals surface area contributed by atoms with E-state index in [9.17, 15) is 14.7 Å². The number of carboxylic acid groups (broad SMARTS) is 1. The number of carboxylic acids is 1. The molecule has 1 amide bonds. The zero-order chi connectivity index (χ0) is 20.3. The molecule has 3 heterocycles. The molecular formula is C20H18ClN4O3S-. The van der Waals surface area contributed by atoms with Gasteiger partial charge in [-0.2, -0.15) is 0 Å². The molecule has 5 rings (SSSR count). The average molecular weight is 430 g/mol. The third-order valence-corrected chi connectivity index (χ3v) is 7.42. The summed E-state index contributed by atoms with van der Waals surface area (Å²) in [6, 6.07) is 4.96. The lowest BCUT2D eigenvalue weighted by molar-refractivity contribution is -0.327. The van der Waals surface area contributed by atoms with Crippen molar-refractivity contribution < 1.29 is 14.7 Å². The predicted molar refractivity (Wildman–Crippen MR) is 107 cm³/mol. The number of nitrogens with one attached hydrogen (secondary N) is 1. The molecule has 1 aliphatic carbocycles. The van der Waals surface area contributed by atoms with Crippen LogP contribution in [0.15, 0.2) is 18.2 Å². The minimum Gasteiger partial charge on any atom is -0.549 e. The van der Waals surface area contributed by atoms with E-state index in [0.717, 1.165) is 40.1 Å². The Labute approximate surface area is 175 Å². The molecule has 7 nitrogen and oxygen atoms in total. The van der Waals surface area contributed by atoms with Crippen molar-refractivity contribution in [1.29, 1.82) is 0 Å². The highest BCUT2D eigenvalue weighted by Gasteiger charge is 2.52. The standard InChI is InChI=1S/C20H19ClN4O3S/c1-10-16(29-24-23-10)18(26)25-8-5-12-13-9-11(21)3-4-14(13)22-15(12)17(25)20(19(27)28)6-2-7-20/h3-4,9,17,22H,2,5-8H2,1H3,(H,27,28)/p-1. The summed E-state index contributed by atoms with van der Waals surface area (Å²) in [6.45, 7) is 2.16. The highest BCUT2D eigenvalue weighted by Crippen LogP contribution is 2.55. The molecule has 1 aliphatic heterocycles. The van der Waals surface area contributed by atoms with Crippen molar-refractivity contribution in [2.75, 3.05) is 6.54 Å². The minimum absolute atomic E-state index is 0.225. The van der Waals surface area contributed by atoms with Gasteiger partial charge in [-0.05, 0) is 61.5 Å². The molecule has 2 aromatic heterocycles. The van der Waals surface area contributed by atoms with Gasteiger partial charge in [0.05, 0.1) is 17.7 Å². The van der Waals surface area contributed by atoms with Gasteiger partial charge in [0.15, 0.2) is 0 Å². The van der Waals surface area contributed by atoms with Gasteiger partial charge < -0.3 is 19.8 Å². The van der Waals surface area contributed by atoms with E-state index >= 15 is 0 Å². The maximum Gasteiger partial charge on any atom is 0.268 e. The van der Waals surface area contributed by atoms with Gasteiger partial charge in [0.1, 0.15) is 4.88 Å². The highest BCUT2D eigenvalue weighted by atomic mass is 35.5. The Hall–Kier alpha value is -2.45. The number of carbonyl (C=O) groups excluding carboxylic acids is 2. The van der Waals surface area contributed by atoms with Crippen molar-refractivity contribution in [3.8, 4) is 0 Å². The van der Waals surface area contributed by atoms with Crippen LogP contribution in [0.4, 0.5) is 0 Å². The molecule has 1 aromatic carbocycles. The van der Waals surface area contributed by atoms with Gasteiger partial charge in [-0.1, -0.05) is 22.5 Å². The van der Waals surface area contributed by atoms with Crippen LogP contribution in [-0.4, -0.2) is 37.9 Å². The summed E-state index contributed by atoms with van der Waals surface area (Å²) < 4.78 is 3.88. The van der Waals surface area contributed by atoms with E-state index in [1.165, 1.54) is 0 Å². The fraction of sp³-hybridized carbons (Fsp3) is 0.400. The molecule has 1 atom stereocenters. The van der Waals surface area contributed by atoms with Crippen LogP contribution in [0, 0.1) is 12.3 Å².